The summed E-state index contributed by atoms with van der Waals surface area (Å²) in [7, 11) is 0. The van der Waals surface area contributed by atoms with Gasteiger partial charge < -0.3 is 5.32 Å². The predicted octanol–water partition coefficient (Wildman–Crippen LogP) is 3.88. The maximum Gasteiger partial charge on any atom is 0.235 e. The van der Waals surface area contributed by atoms with E-state index in [1.165, 1.54) is 0 Å². The summed E-state index contributed by atoms with van der Waals surface area (Å²) in [6.07, 6.45) is 0. The molecule has 1 unspecified atom stereocenters. The molecule has 0 aliphatic rings. The van der Waals surface area contributed by atoms with Crippen molar-refractivity contribution >= 4 is 33.3 Å². The van der Waals surface area contributed by atoms with E-state index in [9.17, 15) is 9.59 Å². The van der Waals surface area contributed by atoms with Crippen molar-refractivity contribution < 1.29 is 9.59 Å². The average molecular weight is 326 g/mol. The van der Waals surface area contributed by atoms with Crippen molar-refractivity contribution in [3.05, 3.63) is 28.7 Å². The van der Waals surface area contributed by atoms with Crippen molar-refractivity contribution in [3.63, 3.8) is 0 Å². The summed E-state index contributed by atoms with van der Waals surface area (Å²) in [5.74, 6) is -0.974. The van der Waals surface area contributed by atoms with E-state index >= 15 is 0 Å². The lowest BCUT2D eigenvalue weighted by molar-refractivity contribution is -0.134. The fraction of sp³-hybridized carbons (Fsp3) is 0.467. The van der Waals surface area contributed by atoms with E-state index in [1.54, 1.807) is 12.1 Å². The van der Waals surface area contributed by atoms with E-state index in [2.05, 4.69) is 21.2 Å². The quantitative estimate of drug-likeness (QED) is 0.835. The molecule has 0 radical (unpaired) electrons. The first-order valence-corrected chi connectivity index (χ1v) is 7.22. The van der Waals surface area contributed by atoms with Gasteiger partial charge in [-0.25, -0.2) is 0 Å². The largest absolute Gasteiger partial charge is 0.325 e. The second-order valence-corrected chi connectivity index (χ2v) is 6.19. The fourth-order valence-corrected chi connectivity index (χ4v) is 2.14. The van der Waals surface area contributed by atoms with Crippen LogP contribution in [0.5, 0.6) is 0 Å². The highest BCUT2D eigenvalue weighted by atomic mass is 79.9. The lowest BCUT2D eigenvalue weighted by Crippen LogP contribution is -2.35. The van der Waals surface area contributed by atoms with E-state index in [0.29, 0.717) is 5.69 Å². The van der Waals surface area contributed by atoms with Crippen molar-refractivity contribution in [1.29, 1.82) is 0 Å². The van der Waals surface area contributed by atoms with Crippen LogP contribution in [0.1, 0.15) is 27.7 Å². The molecule has 1 rings (SSSR count). The molecule has 1 atom stereocenters. The number of anilines is 1. The van der Waals surface area contributed by atoms with Crippen LogP contribution in [-0.2, 0) is 9.59 Å². The summed E-state index contributed by atoms with van der Waals surface area (Å²) in [6.45, 7) is 7.44. The number of Topliss-reactive ketones (excluding diaryl/α,β-unsaturated/α-hetero) is 1. The van der Waals surface area contributed by atoms with E-state index in [0.717, 1.165) is 4.47 Å². The molecule has 0 saturated heterocycles. The molecule has 3 nitrogen and oxygen atoms in total. The van der Waals surface area contributed by atoms with Crippen molar-refractivity contribution in [2.24, 2.45) is 17.8 Å². The van der Waals surface area contributed by atoms with Gasteiger partial charge in [-0.05, 0) is 30.2 Å². The van der Waals surface area contributed by atoms with E-state index in [1.807, 2.05) is 39.8 Å². The summed E-state index contributed by atoms with van der Waals surface area (Å²) in [5.41, 5.74) is 0.704. The molecule has 0 fully saturated rings. The second-order valence-electron chi connectivity index (χ2n) is 5.27. The molecule has 0 saturated carbocycles. The first kappa shape index (κ1) is 15.9. The van der Waals surface area contributed by atoms with E-state index < -0.39 is 5.92 Å². The van der Waals surface area contributed by atoms with Gasteiger partial charge in [-0.3, -0.25) is 9.59 Å². The number of amides is 1. The van der Waals surface area contributed by atoms with Gasteiger partial charge in [-0.1, -0.05) is 43.6 Å². The van der Waals surface area contributed by atoms with Crippen LogP contribution in [0.15, 0.2) is 28.7 Å². The Kier molecular flexibility index (Phi) is 5.73. The number of carbonyl (C=O) groups is 2. The molecular weight excluding hydrogens is 306 g/mol. The summed E-state index contributed by atoms with van der Waals surface area (Å²) in [4.78, 5) is 24.3. The van der Waals surface area contributed by atoms with Crippen LogP contribution >= 0.6 is 15.9 Å². The first-order valence-electron chi connectivity index (χ1n) is 6.43. The maximum absolute atomic E-state index is 12.2. The zero-order valence-corrected chi connectivity index (χ0v) is 13.3. The standard InChI is InChI=1S/C15H20BrNO2/c1-9(2)13(14(18)10(3)4)15(19)17-12-7-5-11(16)6-8-12/h5-10,13H,1-4H3,(H,17,19). The molecule has 0 spiro atoms. The zero-order chi connectivity index (χ0) is 14.6. The minimum Gasteiger partial charge on any atom is -0.325 e. The SMILES string of the molecule is CC(C)C(=O)C(C(=O)Nc1ccc(Br)cc1)C(C)C. The predicted molar refractivity (Wildman–Crippen MR) is 80.9 cm³/mol. The minimum absolute atomic E-state index is 0.00894. The number of ketones is 1. The smallest absolute Gasteiger partial charge is 0.235 e. The Morgan fingerprint density at radius 1 is 1.05 bits per heavy atom. The molecule has 4 heteroatoms. The lowest BCUT2D eigenvalue weighted by atomic mass is 9.85. The van der Waals surface area contributed by atoms with Crippen LogP contribution in [0.2, 0.25) is 0 Å². The van der Waals surface area contributed by atoms with Crippen LogP contribution in [0.25, 0.3) is 0 Å². The number of halogens is 1. The van der Waals surface area contributed by atoms with E-state index in [4.69, 9.17) is 0 Å². The minimum atomic E-state index is -0.594. The number of carbonyl (C=O) groups excluding carboxylic acids is 2. The lowest BCUT2D eigenvalue weighted by Gasteiger charge is -2.20. The van der Waals surface area contributed by atoms with Gasteiger partial charge in [0.15, 0.2) is 0 Å². The molecule has 1 aromatic carbocycles. The Balaban J connectivity index is 2.83. The van der Waals surface area contributed by atoms with Crippen molar-refractivity contribution in [1.82, 2.24) is 0 Å². The molecule has 19 heavy (non-hydrogen) atoms. The van der Waals surface area contributed by atoms with Gasteiger partial charge in [0.2, 0.25) is 5.91 Å². The fourth-order valence-electron chi connectivity index (χ4n) is 1.87. The summed E-state index contributed by atoms with van der Waals surface area (Å²) < 4.78 is 0.948. The molecule has 0 heterocycles. The summed E-state index contributed by atoms with van der Waals surface area (Å²) in [5, 5.41) is 2.81. The Labute approximate surface area is 122 Å². The summed E-state index contributed by atoms with van der Waals surface area (Å²) >= 11 is 3.34. The Morgan fingerprint density at radius 2 is 1.58 bits per heavy atom. The van der Waals surface area contributed by atoms with Gasteiger partial charge in [0.25, 0.3) is 0 Å². The molecule has 0 aromatic heterocycles. The highest BCUT2D eigenvalue weighted by Crippen LogP contribution is 2.20. The second kappa shape index (κ2) is 6.85. The van der Waals surface area contributed by atoms with Gasteiger partial charge in [0.1, 0.15) is 5.78 Å². The maximum atomic E-state index is 12.2. The van der Waals surface area contributed by atoms with Crippen molar-refractivity contribution in [3.8, 4) is 0 Å². The Morgan fingerprint density at radius 3 is 2.00 bits per heavy atom. The van der Waals surface area contributed by atoms with Gasteiger partial charge in [-0.2, -0.15) is 0 Å². The topological polar surface area (TPSA) is 46.2 Å². The molecule has 0 aliphatic carbocycles. The molecule has 1 aromatic rings. The van der Waals surface area contributed by atoms with Gasteiger partial charge in [0.05, 0.1) is 5.92 Å². The van der Waals surface area contributed by atoms with Crippen LogP contribution in [0, 0.1) is 17.8 Å². The molecule has 1 amide bonds. The zero-order valence-electron chi connectivity index (χ0n) is 11.7. The molecule has 0 aliphatic heterocycles. The number of rotatable bonds is 5. The van der Waals surface area contributed by atoms with Gasteiger partial charge >= 0.3 is 0 Å². The summed E-state index contributed by atoms with van der Waals surface area (Å²) in [6, 6.07) is 7.31. The normalized spacial score (nSPS) is 12.6. The van der Waals surface area contributed by atoms with E-state index in [-0.39, 0.29) is 23.5 Å². The van der Waals surface area contributed by atoms with Crippen LogP contribution in [0.4, 0.5) is 5.69 Å². The first-order chi connectivity index (χ1) is 8.82. The number of hydrogen-bond donors (Lipinski definition) is 1. The Bertz CT molecular complexity index is 452. The third-order valence-corrected chi connectivity index (χ3v) is 3.47. The van der Waals surface area contributed by atoms with Crippen molar-refractivity contribution in [2.45, 2.75) is 27.7 Å². The Hall–Kier alpha value is -1.16. The number of benzene rings is 1. The highest BCUT2D eigenvalue weighted by molar-refractivity contribution is 9.10. The third-order valence-electron chi connectivity index (χ3n) is 2.94. The van der Waals surface area contributed by atoms with Crippen LogP contribution < -0.4 is 5.32 Å². The number of hydrogen-bond acceptors (Lipinski definition) is 2. The monoisotopic (exact) mass is 325 g/mol. The molecular formula is C15H20BrNO2. The third kappa shape index (κ3) is 4.46. The highest BCUT2D eigenvalue weighted by Gasteiger charge is 2.31. The van der Waals surface area contributed by atoms with Gasteiger partial charge in [-0.15, -0.1) is 0 Å². The van der Waals surface area contributed by atoms with Crippen LogP contribution in [0.3, 0.4) is 0 Å². The van der Waals surface area contributed by atoms with Gasteiger partial charge in [0, 0.05) is 16.1 Å². The molecule has 104 valence electrons. The molecule has 1 N–H and O–H groups in total. The number of nitrogens with one attached hydrogen (secondary N) is 1. The van der Waals surface area contributed by atoms with Crippen LogP contribution in [-0.4, -0.2) is 11.7 Å². The average Bonchev–Trinajstić information content (AvgIpc) is 2.31. The molecule has 0 bridgehead atoms. The van der Waals surface area contributed by atoms with Crippen molar-refractivity contribution in [2.75, 3.05) is 5.32 Å².